The van der Waals surface area contributed by atoms with Gasteiger partial charge in [-0.25, -0.2) is 0 Å². The van der Waals surface area contributed by atoms with Crippen molar-refractivity contribution in [2.45, 2.75) is 26.7 Å². The average Bonchev–Trinajstić information content (AvgIpc) is 2.07. The third-order valence-corrected chi connectivity index (χ3v) is 2.87. The number of aromatic hydroxyl groups is 1. The van der Waals surface area contributed by atoms with Crippen molar-refractivity contribution in [1.29, 1.82) is 0 Å². The third-order valence-electron chi connectivity index (χ3n) is 2.08. The SMILES string of the molecule is Cc1c(Cl)cc(C(C)C)c(Cl)c1O. The van der Waals surface area contributed by atoms with Gasteiger partial charge in [0.1, 0.15) is 5.75 Å². The molecule has 0 saturated heterocycles. The Kier molecular flexibility index (Phi) is 3.09. The molecular weight excluding hydrogens is 207 g/mol. The molecule has 0 atom stereocenters. The van der Waals surface area contributed by atoms with Crippen molar-refractivity contribution in [2.75, 3.05) is 0 Å². The molecule has 0 aliphatic heterocycles. The molecule has 0 amide bonds. The minimum Gasteiger partial charge on any atom is -0.506 e. The highest BCUT2D eigenvalue weighted by molar-refractivity contribution is 6.35. The van der Waals surface area contributed by atoms with Crippen LogP contribution in [0.2, 0.25) is 10.0 Å². The van der Waals surface area contributed by atoms with E-state index in [0.29, 0.717) is 15.6 Å². The van der Waals surface area contributed by atoms with Gasteiger partial charge in [0, 0.05) is 10.6 Å². The number of halogens is 2. The van der Waals surface area contributed by atoms with E-state index in [-0.39, 0.29) is 11.7 Å². The van der Waals surface area contributed by atoms with Crippen LogP contribution in [0.5, 0.6) is 5.75 Å². The molecule has 1 N–H and O–H groups in total. The Labute approximate surface area is 88.3 Å². The Bertz CT molecular complexity index is 332. The third kappa shape index (κ3) is 1.92. The van der Waals surface area contributed by atoms with Gasteiger partial charge < -0.3 is 5.11 Å². The maximum absolute atomic E-state index is 9.60. The van der Waals surface area contributed by atoms with Gasteiger partial charge in [0.2, 0.25) is 0 Å². The lowest BCUT2D eigenvalue weighted by Crippen LogP contribution is -1.91. The van der Waals surface area contributed by atoms with Crippen molar-refractivity contribution in [3.8, 4) is 5.75 Å². The molecule has 0 bridgehead atoms. The molecule has 72 valence electrons. The summed E-state index contributed by atoms with van der Waals surface area (Å²) in [5.74, 6) is 0.356. The van der Waals surface area contributed by atoms with Gasteiger partial charge in [-0.05, 0) is 24.5 Å². The molecule has 0 fully saturated rings. The highest BCUT2D eigenvalue weighted by Gasteiger charge is 2.14. The minimum absolute atomic E-state index is 0.0952. The molecule has 1 nitrogen and oxygen atoms in total. The van der Waals surface area contributed by atoms with Crippen molar-refractivity contribution in [2.24, 2.45) is 0 Å². The van der Waals surface area contributed by atoms with Crippen LogP contribution >= 0.6 is 23.2 Å². The van der Waals surface area contributed by atoms with E-state index in [4.69, 9.17) is 23.2 Å². The standard InChI is InChI=1S/C10H12Cl2O/c1-5(2)7-4-8(11)6(3)10(13)9(7)12/h4-5,13H,1-3H3. The fourth-order valence-electron chi connectivity index (χ4n) is 1.14. The predicted octanol–water partition coefficient (Wildman–Crippen LogP) is 4.13. The minimum atomic E-state index is 0.0952. The van der Waals surface area contributed by atoms with Crippen LogP contribution in [0, 0.1) is 6.92 Å². The first kappa shape index (κ1) is 10.7. The summed E-state index contributed by atoms with van der Waals surface area (Å²) in [5.41, 5.74) is 1.52. The van der Waals surface area contributed by atoms with Gasteiger partial charge in [-0.2, -0.15) is 0 Å². The van der Waals surface area contributed by atoms with E-state index >= 15 is 0 Å². The number of phenolic OH excluding ortho intramolecular Hbond substituents is 1. The molecule has 1 aromatic rings. The molecule has 0 aliphatic carbocycles. The maximum atomic E-state index is 9.60. The van der Waals surface area contributed by atoms with Crippen LogP contribution < -0.4 is 0 Å². The Balaban J connectivity index is 3.41. The summed E-state index contributed by atoms with van der Waals surface area (Å²) in [6.07, 6.45) is 0. The smallest absolute Gasteiger partial charge is 0.138 e. The Morgan fingerprint density at radius 3 is 2.31 bits per heavy atom. The lowest BCUT2D eigenvalue weighted by atomic mass is 10.0. The second-order valence-electron chi connectivity index (χ2n) is 3.39. The van der Waals surface area contributed by atoms with Crippen LogP contribution in [0.1, 0.15) is 30.9 Å². The number of rotatable bonds is 1. The number of hydrogen-bond acceptors (Lipinski definition) is 1. The van der Waals surface area contributed by atoms with Gasteiger partial charge >= 0.3 is 0 Å². The summed E-state index contributed by atoms with van der Waals surface area (Å²) in [7, 11) is 0. The average molecular weight is 219 g/mol. The number of phenols is 1. The monoisotopic (exact) mass is 218 g/mol. The van der Waals surface area contributed by atoms with Crippen LogP contribution in [0.4, 0.5) is 0 Å². The molecule has 0 aliphatic rings. The van der Waals surface area contributed by atoms with Crippen molar-refractivity contribution in [3.05, 3.63) is 27.2 Å². The molecule has 13 heavy (non-hydrogen) atoms. The first-order chi connectivity index (χ1) is 5.95. The fourth-order valence-corrected chi connectivity index (χ4v) is 1.76. The summed E-state index contributed by atoms with van der Waals surface area (Å²) in [6, 6.07) is 1.81. The van der Waals surface area contributed by atoms with Gasteiger partial charge in [-0.1, -0.05) is 37.0 Å². The van der Waals surface area contributed by atoms with Gasteiger partial charge in [-0.15, -0.1) is 0 Å². The zero-order chi connectivity index (χ0) is 10.2. The maximum Gasteiger partial charge on any atom is 0.138 e. The van der Waals surface area contributed by atoms with Crippen molar-refractivity contribution in [3.63, 3.8) is 0 Å². The van der Waals surface area contributed by atoms with E-state index in [1.54, 1.807) is 6.92 Å². The van der Waals surface area contributed by atoms with E-state index in [1.807, 2.05) is 19.9 Å². The van der Waals surface area contributed by atoms with Gasteiger partial charge in [0.25, 0.3) is 0 Å². The molecule has 1 rings (SSSR count). The Morgan fingerprint density at radius 2 is 1.85 bits per heavy atom. The van der Waals surface area contributed by atoms with Crippen LogP contribution in [0.3, 0.4) is 0 Å². The first-order valence-electron chi connectivity index (χ1n) is 4.12. The Hall–Kier alpha value is -0.400. The Morgan fingerprint density at radius 1 is 1.31 bits per heavy atom. The van der Waals surface area contributed by atoms with E-state index in [0.717, 1.165) is 5.56 Å². The molecule has 0 unspecified atom stereocenters. The molecule has 3 heteroatoms. The van der Waals surface area contributed by atoms with Crippen LogP contribution in [-0.2, 0) is 0 Å². The molecular formula is C10H12Cl2O. The molecule has 0 radical (unpaired) electrons. The zero-order valence-electron chi connectivity index (χ0n) is 7.86. The van der Waals surface area contributed by atoms with E-state index in [9.17, 15) is 5.11 Å². The topological polar surface area (TPSA) is 20.2 Å². The van der Waals surface area contributed by atoms with Crippen molar-refractivity contribution in [1.82, 2.24) is 0 Å². The van der Waals surface area contributed by atoms with Crippen molar-refractivity contribution < 1.29 is 5.11 Å². The normalized spacial score (nSPS) is 10.9. The molecule has 0 saturated carbocycles. The summed E-state index contributed by atoms with van der Waals surface area (Å²) in [6.45, 7) is 5.76. The summed E-state index contributed by atoms with van der Waals surface area (Å²) >= 11 is 11.9. The fraction of sp³-hybridized carbons (Fsp3) is 0.400. The van der Waals surface area contributed by atoms with E-state index < -0.39 is 0 Å². The predicted molar refractivity (Wildman–Crippen MR) is 57.0 cm³/mol. The van der Waals surface area contributed by atoms with Crippen LogP contribution in [0.15, 0.2) is 6.07 Å². The van der Waals surface area contributed by atoms with Crippen molar-refractivity contribution >= 4 is 23.2 Å². The molecule has 1 aromatic carbocycles. The summed E-state index contributed by atoms with van der Waals surface area (Å²) in [4.78, 5) is 0. The van der Waals surface area contributed by atoms with Gasteiger partial charge in [0.15, 0.2) is 0 Å². The van der Waals surface area contributed by atoms with E-state index in [2.05, 4.69) is 0 Å². The second kappa shape index (κ2) is 3.77. The van der Waals surface area contributed by atoms with Gasteiger partial charge in [-0.3, -0.25) is 0 Å². The quantitative estimate of drug-likeness (QED) is 0.752. The van der Waals surface area contributed by atoms with Crippen LogP contribution in [-0.4, -0.2) is 5.11 Å². The first-order valence-corrected chi connectivity index (χ1v) is 4.88. The van der Waals surface area contributed by atoms with Crippen LogP contribution in [0.25, 0.3) is 0 Å². The summed E-state index contributed by atoms with van der Waals surface area (Å²) in [5, 5.41) is 10.6. The zero-order valence-corrected chi connectivity index (χ0v) is 9.37. The highest BCUT2D eigenvalue weighted by atomic mass is 35.5. The number of hydrogen-bond donors (Lipinski definition) is 1. The lowest BCUT2D eigenvalue weighted by molar-refractivity contribution is 0.470. The molecule has 0 aromatic heterocycles. The molecule has 0 spiro atoms. The lowest BCUT2D eigenvalue weighted by Gasteiger charge is -2.12. The van der Waals surface area contributed by atoms with Gasteiger partial charge in [0.05, 0.1) is 5.02 Å². The van der Waals surface area contributed by atoms with E-state index in [1.165, 1.54) is 0 Å². The second-order valence-corrected chi connectivity index (χ2v) is 4.18. The highest BCUT2D eigenvalue weighted by Crippen LogP contribution is 2.38. The summed E-state index contributed by atoms with van der Waals surface area (Å²) < 4.78 is 0. The molecule has 0 heterocycles. The number of benzene rings is 1. The largest absolute Gasteiger partial charge is 0.506 e.